The van der Waals surface area contributed by atoms with Crippen molar-refractivity contribution in [3.63, 3.8) is 0 Å². The molecule has 0 fully saturated rings. The zero-order chi connectivity index (χ0) is 20.9. The van der Waals surface area contributed by atoms with Gasteiger partial charge >= 0.3 is 0 Å². The molecule has 2 N–H and O–H groups in total. The molecule has 0 aliphatic rings. The van der Waals surface area contributed by atoms with Crippen molar-refractivity contribution < 1.29 is 4.79 Å². The molecule has 1 amide bonds. The molecule has 0 saturated heterocycles. The Morgan fingerprint density at radius 2 is 1.70 bits per heavy atom. The molecule has 0 saturated carbocycles. The zero-order valence-electron chi connectivity index (χ0n) is 15.8. The van der Waals surface area contributed by atoms with E-state index in [1.807, 2.05) is 54.6 Å². The zero-order valence-corrected chi connectivity index (χ0v) is 17.4. The first-order chi connectivity index (χ1) is 14.6. The lowest BCUT2D eigenvalue weighted by Gasteiger charge is -2.20. The first-order valence-corrected chi connectivity index (χ1v) is 10.1. The SMILES string of the molecule is O=C(Cn1c(-c2ccc(Cl)cc2)n[nH]c1=S)NC(c1ccccc1)c1ccncc1. The molecule has 0 aliphatic carbocycles. The van der Waals surface area contributed by atoms with E-state index in [4.69, 9.17) is 23.8 Å². The topological polar surface area (TPSA) is 75.6 Å². The van der Waals surface area contributed by atoms with Crippen LogP contribution in [-0.4, -0.2) is 25.7 Å². The predicted octanol–water partition coefficient (Wildman–Crippen LogP) is 4.56. The monoisotopic (exact) mass is 435 g/mol. The molecule has 0 aliphatic heterocycles. The van der Waals surface area contributed by atoms with Crippen LogP contribution in [0.4, 0.5) is 0 Å². The summed E-state index contributed by atoms with van der Waals surface area (Å²) < 4.78 is 2.04. The summed E-state index contributed by atoms with van der Waals surface area (Å²) in [6, 6.07) is 20.5. The lowest BCUT2D eigenvalue weighted by Crippen LogP contribution is -2.32. The molecule has 30 heavy (non-hydrogen) atoms. The van der Waals surface area contributed by atoms with Crippen LogP contribution < -0.4 is 5.32 Å². The Balaban J connectivity index is 1.60. The van der Waals surface area contributed by atoms with E-state index in [9.17, 15) is 4.79 Å². The summed E-state index contributed by atoms with van der Waals surface area (Å²) in [5.74, 6) is 0.389. The highest BCUT2D eigenvalue weighted by molar-refractivity contribution is 7.71. The van der Waals surface area contributed by atoms with Gasteiger partial charge in [-0.3, -0.25) is 19.4 Å². The number of pyridine rings is 1. The maximum absolute atomic E-state index is 13.0. The van der Waals surface area contributed by atoms with Crippen LogP contribution in [0.2, 0.25) is 5.02 Å². The number of carbonyl (C=O) groups is 1. The van der Waals surface area contributed by atoms with Gasteiger partial charge in [0.2, 0.25) is 5.91 Å². The van der Waals surface area contributed by atoms with Gasteiger partial charge in [0, 0.05) is 23.0 Å². The summed E-state index contributed by atoms with van der Waals surface area (Å²) in [7, 11) is 0. The number of aromatic nitrogens is 4. The summed E-state index contributed by atoms with van der Waals surface area (Å²) >= 11 is 11.3. The first-order valence-electron chi connectivity index (χ1n) is 9.27. The fourth-order valence-corrected chi connectivity index (χ4v) is 3.52. The minimum Gasteiger partial charge on any atom is -0.344 e. The van der Waals surface area contributed by atoms with Crippen LogP contribution in [0.1, 0.15) is 17.2 Å². The third-order valence-electron chi connectivity index (χ3n) is 4.64. The molecule has 0 spiro atoms. The van der Waals surface area contributed by atoms with Gasteiger partial charge in [0.15, 0.2) is 10.6 Å². The minimum atomic E-state index is -0.304. The van der Waals surface area contributed by atoms with Crippen LogP contribution in [0, 0.1) is 4.77 Å². The number of aromatic amines is 1. The second kappa shape index (κ2) is 9.02. The highest BCUT2D eigenvalue weighted by atomic mass is 35.5. The van der Waals surface area contributed by atoms with Crippen LogP contribution in [0.25, 0.3) is 11.4 Å². The summed E-state index contributed by atoms with van der Waals surface area (Å²) in [6.07, 6.45) is 3.42. The van der Waals surface area contributed by atoms with Gasteiger partial charge in [-0.25, -0.2) is 0 Å². The summed E-state index contributed by atoms with van der Waals surface area (Å²) in [5, 5.41) is 10.8. The van der Waals surface area contributed by atoms with E-state index in [2.05, 4.69) is 20.5 Å². The van der Waals surface area contributed by atoms with Crippen LogP contribution in [0.5, 0.6) is 0 Å². The van der Waals surface area contributed by atoms with Crippen molar-refractivity contribution >= 4 is 29.7 Å². The van der Waals surface area contributed by atoms with E-state index in [1.54, 1.807) is 29.1 Å². The number of carbonyl (C=O) groups excluding carboxylic acids is 1. The molecule has 1 unspecified atom stereocenters. The number of amides is 1. The number of H-pyrrole nitrogens is 1. The van der Waals surface area contributed by atoms with Gasteiger partial charge in [-0.2, -0.15) is 5.10 Å². The quantitative estimate of drug-likeness (QED) is 0.435. The van der Waals surface area contributed by atoms with E-state index in [1.165, 1.54) is 0 Å². The smallest absolute Gasteiger partial charge is 0.240 e. The number of rotatable bonds is 6. The average molecular weight is 436 g/mol. The molecule has 1 atom stereocenters. The van der Waals surface area contributed by atoms with Gasteiger partial charge in [0.05, 0.1) is 6.04 Å². The Morgan fingerprint density at radius 3 is 2.40 bits per heavy atom. The van der Waals surface area contributed by atoms with Crippen LogP contribution in [0.3, 0.4) is 0 Å². The Morgan fingerprint density at radius 1 is 1.03 bits per heavy atom. The normalized spacial score (nSPS) is 11.8. The van der Waals surface area contributed by atoms with Gasteiger partial charge in [-0.1, -0.05) is 41.9 Å². The van der Waals surface area contributed by atoms with Crippen LogP contribution in [-0.2, 0) is 11.3 Å². The lowest BCUT2D eigenvalue weighted by molar-refractivity contribution is -0.122. The van der Waals surface area contributed by atoms with E-state index < -0.39 is 0 Å². The standard InChI is InChI=1S/C22H18ClN5OS/c23-18-8-6-17(7-9-18)21-26-27-22(30)28(21)14-19(29)25-20(15-4-2-1-3-5-15)16-10-12-24-13-11-16/h1-13,20H,14H2,(H,25,29)(H,27,30). The highest BCUT2D eigenvalue weighted by Crippen LogP contribution is 2.22. The Bertz CT molecular complexity index is 1150. The first kappa shape index (κ1) is 20.0. The van der Waals surface area contributed by atoms with Crippen molar-refractivity contribution in [1.82, 2.24) is 25.1 Å². The second-order valence-electron chi connectivity index (χ2n) is 6.64. The molecule has 8 heteroatoms. The van der Waals surface area contributed by atoms with Gasteiger partial charge in [-0.05, 0) is 59.7 Å². The van der Waals surface area contributed by atoms with Crippen molar-refractivity contribution in [2.24, 2.45) is 0 Å². The van der Waals surface area contributed by atoms with Gasteiger partial charge in [-0.15, -0.1) is 0 Å². The molecule has 2 heterocycles. The maximum Gasteiger partial charge on any atom is 0.240 e. The summed E-state index contributed by atoms with van der Waals surface area (Å²) in [6.45, 7) is 0.0295. The Kier molecular flexibility index (Phi) is 6.02. The third kappa shape index (κ3) is 4.48. The van der Waals surface area contributed by atoms with Gasteiger partial charge in [0.25, 0.3) is 0 Å². The van der Waals surface area contributed by atoms with E-state index in [0.29, 0.717) is 15.6 Å². The van der Waals surface area contributed by atoms with Crippen molar-refractivity contribution in [3.05, 3.63) is 100 Å². The Hall–Kier alpha value is -3.29. The molecule has 150 valence electrons. The van der Waals surface area contributed by atoms with Crippen LogP contribution >= 0.6 is 23.8 Å². The van der Waals surface area contributed by atoms with E-state index in [0.717, 1.165) is 16.7 Å². The average Bonchev–Trinajstić information content (AvgIpc) is 3.14. The highest BCUT2D eigenvalue weighted by Gasteiger charge is 2.19. The third-order valence-corrected chi connectivity index (χ3v) is 5.20. The summed E-state index contributed by atoms with van der Waals surface area (Å²) in [5.41, 5.74) is 2.73. The molecule has 2 aromatic carbocycles. The fraction of sp³-hybridized carbons (Fsp3) is 0.0909. The minimum absolute atomic E-state index is 0.0295. The molecule has 6 nitrogen and oxygen atoms in total. The van der Waals surface area contributed by atoms with E-state index in [-0.39, 0.29) is 18.5 Å². The number of nitrogens with zero attached hydrogens (tertiary/aromatic N) is 3. The van der Waals surface area contributed by atoms with Crippen molar-refractivity contribution in [2.45, 2.75) is 12.6 Å². The number of nitrogens with one attached hydrogen (secondary N) is 2. The molecule has 2 aromatic heterocycles. The Labute approximate surface area is 183 Å². The second-order valence-corrected chi connectivity index (χ2v) is 7.46. The van der Waals surface area contributed by atoms with Gasteiger partial charge < -0.3 is 5.32 Å². The van der Waals surface area contributed by atoms with Crippen LogP contribution in [0.15, 0.2) is 79.1 Å². The maximum atomic E-state index is 13.0. The molecule has 4 rings (SSSR count). The molecular formula is C22H18ClN5OS. The molecule has 4 aromatic rings. The number of benzene rings is 2. The predicted molar refractivity (Wildman–Crippen MR) is 119 cm³/mol. The van der Waals surface area contributed by atoms with E-state index >= 15 is 0 Å². The number of halogens is 1. The molecule has 0 bridgehead atoms. The number of hydrogen-bond acceptors (Lipinski definition) is 4. The van der Waals surface area contributed by atoms with Crippen molar-refractivity contribution in [2.75, 3.05) is 0 Å². The largest absolute Gasteiger partial charge is 0.344 e. The van der Waals surface area contributed by atoms with Gasteiger partial charge in [0.1, 0.15) is 6.54 Å². The summed E-state index contributed by atoms with van der Waals surface area (Å²) in [4.78, 5) is 17.1. The van der Waals surface area contributed by atoms with Crippen molar-refractivity contribution in [1.29, 1.82) is 0 Å². The van der Waals surface area contributed by atoms with Crippen molar-refractivity contribution in [3.8, 4) is 11.4 Å². The fourth-order valence-electron chi connectivity index (χ4n) is 3.19. The number of hydrogen-bond donors (Lipinski definition) is 2. The lowest BCUT2D eigenvalue weighted by atomic mass is 9.99. The molecular weight excluding hydrogens is 418 g/mol. The molecule has 0 radical (unpaired) electrons.